The normalized spacial score (nSPS) is 14.8. The molecule has 22 heavy (non-hydrogen) atoms. The van der Waals surface area contributed by atoms with Crippen LogP contribution in [-0.4, -0.2) is 35.1 Å². The highest BCUT2D eigenvalue weighted by molar-refractivity contribution is 7.22. The third-order valence-corrected chi connectivity index (χ3v) is 4.69. The molecule has 110 valence electrons. The van der Waals surface area contributed by atoms with E-state index in [1.807, 2.05) is 18.2 Å². The first-order chi connectivity index (χ1) is 10.8. The van der Waals surface area contributed by atoms with Gasteiger partial charge in [-0.25, -0.2) is 9.78 Å². The molecule has 1 fully saturated rings. The molecule has 1 aliphatic rings. The number of anilines is 1. The van der Waals surface area contributed by atoms with Crippen LogP contribution in [0.1, 0.15) is 10.4 Å². The fraction of sp³-hybridized carbons (Fsp3) is 0.188. The zero-order valence-corrected chi connectivity index (χ0v) is 12.5. The first-order valence-corrected chi connectivity index (χ1v) is 7.83. The fourth-order valence-electron chi connectivity index (χ4n) is 2.37. The molecule has 4 rings (SSSR count). The van der Waals surface area contributed by atoms with E-state index in [4.69, 9.17) is 4.74 Å². The quantitative estimate of drug-likeness (QED) is 0.696. The Hall–Kier alpha value is -2.47. The zero-order chi connectivity index (χ0) is 14.9. The number of nitrogens with zero attached hydrogens (tertiary/aromatic N) is 3. The highest BCUT2D eigenvalue weighted by Crippen LogP contribution is 2.31. The Kier molecular flexibility index (Phi) is 3.23. The standard InChI is InChI=1S/C16H13N3O2S/c20-15(11-5-7-17-8-6-11)21-12-9-19(10-12)16-18-13-3-1-2-4-14(13)22-16/h1-8,12H,9-10H2. The highest BCUT2D eigenvalue weighted by Gasteiger charge is 2.32. The lowest BCUT2D eigenvalue weighted by Gasteiger charge is -2.38. The van der Waals surface area contributed by atoms with Gasteiger partial charge in [-0.1, -0.05) is 23.5 Å². The lowest BCUT2D eigenvalue weighted by atomic mass is 10.2. The molecule has 0 aliphatic carbocycles. The lowest BCUT2D eigenvalue weighted by molar-refractivity contribution is 0.0234. The molecule has 1 aromatic carbocycles. The van der Waals surface area contributed by atoms with Gasteiger partial charge in [0.15, 0.2) is 5.13 Å². The molecule has 0 spiro atoms. The topological polar surface area (TPSA) is 55.3 Å². The van der Waals surface area contributed by atoms with Crippen LogP contribution in [0.4, 0.5) is 5.13 Å². The van der Waals surface area contributed by atoms with Gasteiger partial charge >= 0.3 is 5.97 Å². The van der Waals surface area contributed by atoms with Crippen molar-refractivity contribution in [3.05, 3.63) is 54.4 Å². The number of esters is 1. The van der Waals surface area contributed by atoms with Gasteiger partial charge < -0.3 is 9.64 Å². The van der Waals surface area contributed by atoms with Gasteiger partial charge in [0.2, 0.25) is 0 Å². The predicted octanol–water partition coefficient (Wildman–Crippen LogP) is 2.74. The van der Waals surface area contributed by atoms with Crippen molar-refractivity contribution in [2.24, 2.45) is 0 Å². The summed E-state index contributed by atoms with van der Waals surface area (Å²) >= 11 is 1.66. The predicted molar refractivity (Wildman–Crippen MR) is 85.3 cm³/mol. The largest absolute Gasteiger partial charge is 0.455 e. The number of fused-ring (bicyclic) bond motifs is 1. The average molecular weight is 311 g/mol. The van der Waals surface area contributed by atoms with Crippen molar-refractivity contribution >= 4 is 32.7 Å². The molecule has 2 aromatic heterocycles. The van der Waals surface area contributed by atoms with Crippen LogP contribution in [-0.2, 0) is 4.74 Å². The van der Waals surface area contributed by atoms with Crippen LogP contribution in [0.25, 0.3) is 10.2 Å². The number of pyridine rings is 1. The van der Waals surface area contributed by atoms with Crippen molar-refractivity contribution in [3.8, 4) is 0 Å². The minimum Gasteiger partial charge on any atom is -0.455 e. The molecule has 3 aromatic rings. The molecule has 1 saturated heterocycles. The van der Waals surface area contributed by atoms with Crippen molar-refractivity contribution in [2.45, 2.75) is 6.10 Å². The van der Waals surface area contributed by atoms with E-state index in [-0.39, 0.29) is 12.1 Å². The van der Waals surface area contributed by atoms with E-state index < -0.39 is 0 Å². The number of aromatic nitrogens is 2. The molecule has 3 heterocycles. The molecule has 0 amide bonds. The summed E-state index contributed by atoms with van der Waals surface area (Å²) < 4.78 is 6.64. The van der Waals surface area contributed by atoms with Gasteiger partial charge in [0.05, 0.1) is 28.9 Å². The highest BCUT2D eigenvalue weighted by atomic mass is 32.1. The van der Waals surface area contributed by atoms with Gasteiger partial charge in [-0.2, -0.15) is 0 Å². The molecular formula is C16H13N3O2S. The number of benzene rings is 1. The summed E-state index contributed by atoms with van der Waals surface area (Å²) in [4.78, 5) is 22.6. The van der Waals surface area contributed by atoms with Crippen LogP contribution >= 0.6 is 11.3 Å². The van der Waals surface area contributed by atoms with E-state index in [0.29, 0.717) is 18.7 Å². The van der Waals surface area contributed by atoms with Crippen molar-refractivity contribution in [1.29, 1.82) is 0 Å². The number of hydrogen-bond acceptors (Lipinski definition) is 6. The summed E-state index contributed by atoms with van der Waals surface area (Å²) in [5.41, 5.74) is 1.55. The molecule has 0 saturated carbocycles. The molecule has 0 unspecified atom stereocenters. The van der Waals surface area contributed by atoms with Gasteiger partial charge in [-0.05, 0) is 24.3 Å². The van der Waals surface area contributed by atoms with E-state index in [2.05, 4.69) is 20.9 Å². The Morgan fingerprint density at radius 3 is 2.73 bits per heavy atom. The van der Waals surface area contributed by atoms with Crippen LogP contribution in [0.2, 0.25) is 0 Å². The SMILES string of the molecule is O=C(OC1CN(c2nc3ccccc3s2)C1)c1ccncc1. The van der Waals surface area contributed by atoms with E-state index in [9.17, 15) is 4.79 Å². The summed E-state index contributed by atoms with van der Waals surface area (Å²) in [7, 11) is 0. The fourth-order valence-corrected chi connectivity index (χ4v) is 3.36. The second-order valence-corrected chi connectivity index (χ2v) is 6.14. The van der Waals surface area contributed by atoms with Gasteiger partial charge in [0.25, 0.3) is 0 Å². The van der Waals surface area contributed by atoms with Gasteiger partial charge in [0.1, 0.15) is 6.10 Å². The van der Waals surface area contributed by atoms with Crippen LogP contribution in [0.3, 0.4) is 0 Å². The van der Waals surface area contributed by atoms with Crippen LogP contribution < -0.4 is 4.90 Å². The number of ether oxygens (including phenoxy) is 1. The second-order valence-electron chi connectivity index (χ2n) is 5.13. The number of carbonyl (C=O) groups excluding carboxylic acids is 1. The Labute approximate surface area is 131 Å². The maximum atomic E-state index is 12.0. The molecule has 1 aliphatic heterocycles. The summed E-state index contributed by atoms with van der Waals surface area (Å²) in [5, 5.41) is 0.984. The number of carbonyl (C=O) groups is 1. The molecule has 0 bridgehead atoms. The molecule has 0 atom stereocenters. The number of para-hydroxylation sites is 1. The van der Waals surface area contributed by atoms with Crippen molar-refractivity contribution in [1.82, 2.24) is 9.97 Å². The molecule has 0 N–H and O–H groups in total. The Balaban J connectivity index is 1.39. The first-order valence-electron chi connectivity index (χ1n) is 7.01. The summed E-state index contributed by atoms with van der Waals surface area (Å²) in [6, 6.07) is 11.4. The Bertz CT molecular complexity index is 779. The van der Waals surface area contributed by atoms with Crippen molar-refractivity contribution in [2.75, 3.05) is 18.0 Å². The average Bonchev–Trinajstić information content (AvgIpc) is 2.94. The third kappa shape index (κ3) is 2.42. The number of rotatable bonds is 3. The molecule has 5 nitrogen and oxygen atoms in total. The van der Waals surface area contributed by atoms with Crippen LogP contribution in [0.15, 0.2) is 48.8 Å². The number of thiazole rings is 1. The van der Waals surface area contributed by atoms with E-state index in [1.165, 1.54) is 4.70 Å². The summed E-state index contributed by atoms with van der Waals surface area (Å²) in [6.45, 7) is 1.38. The molecular weight excluding hydrogens is 298 g/mol. The monoisotopic (exact) mass is 311 g/mol. The Morgan fingerprint density at radius 2 is 1.95 bits per heavy atom. The van der Waals surface area contributed by atoms with Crippen molar-refractivity contribution in [3.63, 3.8) is 0 Å². The Morgan fingerprint density at radius 1 is 1.18 bits per heavy atom. The minimum atomic E-state index is -0.295. The maximum Gasteiger partial charge on any atom is 0.338 e. The molecule has 0 radical (unpaired) electrons. The smallest absolute Gasteiger partial charge is 0.338 e. The van der Waals surface area contributed by atoms with E-state index in [0.717, 1.165) is 10.6 Å². The van der Waals surface area contributed by atoms with Crippen LogP contribution in [0, 0.1) is 0 Å². The van der Waals surface area contributed by atoms with Crippen molar-refractivity contribution < 1.29 is 9.53 Å². The maximum absolute atomic E-state index is 12.0. The van der Waals surface area contributed by atoms with Crippen LogP contribution in [0.5, 0.6) is 0 Å². The zero-order valence-electron chi connectivity index (χ0n) is 11.7. The van der Waals surface area contributed by atoms with Gasteiger partial charge in [-0.15, -0.1) is 0 Å². The summed E-state index contributed by atoms with van der Waals surface area (Å²) in [6.07, 6.45) is 3.10. The van der Waals surface area contributed by atoms with E-state index >= 15 is 0 Å². The summed E-state index contributed by atoms with van der Waals surface area (Å²) in [5.74, 6) is -0.295. The minimum absolute atomic E-state index is 0.0762. The third-order valence-electron chi connectivity index (χ3n) is 3.59. The first kappa shape index (κ1) is 13.2. The second kappa shape index (κ2) is 5.38. The van der Waals surface area contributed by atoms with Gasteiger partial charge in [-0.3, -0.25) is 4.98 Å². The lowest BCUT2D eigenvalue weighted by Crippen LogP contribution is -2.53. The van der Waals surface area contributed by atoms with Gasteiger partial charge in [0, 0.05) is 12.4 Å². The number of hydrogen-bond donors (Lipinski definition) is 0. The molecule has 6 heteroatoms. The van der Waals surface area contributed by atoms with E-state index in [1.54, 1.807) is 35.9 Å².